The summed E-state index contributed by atoms with van der Waals surface area (Å²) in [6, 6.07) is 6.66. The van der Waals surface area contributed by atoms with E-state index in [2.05, 4.69) is 30.2 Å². The number of hydrogen-bond acceptors (Lipinski definition) is 9. The lowest BCUT2D eigenvalue weighted by atomic mass is 10.00. The van der Waals surface area contributed by atoms with Crippen molar-refractivity contribution in [2.24, 2.45) is 0 Å². The van der Waals surface area contributed by atoms with Gasteiger partial charge in [0.15, 0.2) is 0 Å². The number of nitro benzene ring substituents is 1. The van der Waals surface area contributed by atoms with E-state index in [9.17, 15) is 18.9 Å². The minimum absolute atomic E-state index is 0. The summed E-state index contributed by atoms with van der Waals surface area (Å²) in [7, 11) is 2.77. The number of halogens is 3. The molecule has 2 aromatic carbocycles. The third-order valence-electron chi connectivity index (χ3n) is 6.32. The van der Waals surface area contributed by atoms with Crippen LogP contribution < -0.4 is 20.3 Å². The number of methoxy groups -OCH3 is 2. The summed E-state index contributed by atoms with van der Waals surface area (Å²) in [5.41, 5.74) is 0.967. The zero-order valence-electron chi connectivity index (χ0n) is 21.6. The van der Waals surface area contributed by atoms with Crippen LogP contribution in [0.1, 0.15) is 29.9 Å². The lowest BCUT2D eigenvalue weighted by Crippen LogP contribution is -2.43. The van der Waals surface area contributed by atoms with Gasteiger partial charge in [-0.05, 0) is 31.5 Å². The maximum Gasteiger partial charge on any atom is 0.296 e. The molecule has 1 aromatic heterocycles. The van der Waals surface area contributed by atoms with Gasteiger partial charge < -0.3 is 25.0 Å². The van der Waals surface area contributed by atoms with Crippen molar-refractivity contribution in [3.63, 3.8) is 0 Å². The topological polar surface area (TPSA) is 115 Å². The number of non-ortho nitro benzene ring substituents is 1. The Balaban J connectivity index is 0.00000400. The van der Waals surface area contributed by atoms with E-state index in [0.717, 1.165) is 50.4 Å². The highest BCUT2D eigenvalue weighted by atomic mass is 35.5. The van der Waals surface area contributed by atoms with Crippen LogP contribution in [0.25, 0.3) is 10.9 Å². The molecule has 1 aliphatic heterocycles. The molecule has 1 fully saturated rings. The molecule has 13 heteroatoms. The molecule has 206 valence electrons. The SMILES string of the molecule is COCC(F)(F)c1cc([C@@H](C)Nc2nc(C)nc3cc(OC)c(N4CCNCC4)cc23)cc([N+](=O)[O-])c1.Cl. The number of nitro groups is 1. The molecule has 1 saturated heterocycles. The highest BCUT2D eigenvalue weighted by Crippen LogP contribution is 2.37. The number of benzene rings is 2. The molecule has 0 unspecified atom stereocenters. The fraction of sp³-hybridized carbons (Fsp3) is 0.440. The Morgan fingerprint density at radius 1 is 1.18 bits per heavy atom. The molecule has 2 N–H and O–H groups in total. The Labute approximate surface area is 225 Å². The molecule has 2 heterocycles. The average Bonchev–Trinajstić information content (AvgIpc) is 2.88. The van der Waals surface area contributed by atoms with E-state index in [1.54, 1.807) is 21.0 Å². The van der Waals surface area contributed by atoms with Gasteiger partial charge in [-0.15, -0.1) is 12.4 Å². The fourth-order valence-corrected chi connectivity index (χ4v) is 4.44. The van der Waals surface area contributed by atoms with Gasteiger partial charge in [-0.25, -0.2) is 9.97 Å². The van der Waals surface area contributed by atoms with Gasteiger partial charge in [0.05, 0.1) is 29.3 Å². The first-order chi connectivity index (χ1) is 17.6. The molecule has 0 spiro atoms. The lowest BCUT2D eigenvalue weighted by molar-refractivity contribution is -0.385. The fourth-order valence-electron chi connectivity index (χ4n) is 4.44. The minimum atomic E-state index is -3.39. The van der Waals surface area contributed by atoms with Gasteiger partial charge in [0.2, 0.25) is 0 Å². The Morgan fingerprint density at radius 3 is 2.53 bits per heavy atom. The Kier molecular flexibility index (Phi) is 9.23. The first kappa shape index (κ1) is 29.2. The molecule has 0 radical (unpaired) electrons. The van der Waals surface area contributed by atoms with Gasteiger partial charge in [-0.2, -0.15) is 8.78 Å². The zero-order valence-corrected chi connectivity index (χ0v) is 22.4. The van der Waals surface area contributed by atoms with Gasteiger partial charge in [0.25, 0.3) is 11.6 Å². The van der Waals surface area contributed by atoms with Crippen LogP contribution in [0, 0.1) is 17.0 Å². The third kappa shape index (κ3) is 6.20. The van der Waals surface area contributed by atoms with Crippen LogP contribution in [0.2, 0.25) is 0 Å². The molecule has 0 amide bonds. The van der Waals surface area contributed by atoms with Crippen LogP contribution in [-0.4, -0.2) is 61.9 Å². The first-order valence-electron chi connectivity index (χ1n) is 11.9. The van der Waals surface area contributed by atoms with Crippen LogP contribution in [-0.2, 0) is 10.7 Å². The van der Waals surface area contributed by atoms with Crippen molar-refractivity contribution in [1.29, 1.82) is 0 Å². The average molecular weight is 553 g/mol. The van der Waals surface area contributed by atoms with E-state index in [1.807, 2.05) is 12.1 Å². The molecule has 0 saturated carbocycles. The second-order valence-corrected chi connectivity index (χ2v) is 8.97. The van der Waals surface area contributed by atoms with Gasteiger partial charge in [0.1, 0.15) is 24.0 Å². The van der Waals surface area contributed by atoms with E-state index in [4.69, 9.17) is 4.74 Å². The number of rotatable bonds is 9. The lowest BCUT2D eigenvalue weighted by Gasteiger charge is -2.31. The van der Waals surface area contributed by atoms with E-state index in [0.29, 0.717) is 28.5 Å². The van der Waals surface area contributed by atoms with Crippen LogP contribution in [0.5, 0.6) is 5.75 Å². The normalized spacial score (nSPS) is 14.6. The van der Waals surface area contributed by atoms with Crippen molar-refractivity contribution in [3.05, 3.63) is 57.4 Å². The molecule has 0 aliphatic carbocycles. The monoisotopic (exact) mass is 552 g/mol. The third-order valence-corrected chi connectivity index (χ3v) is 6.32. The smallest absolute Gasteiger partial charge is 0.296 e. The van der Waals surface area contributed by atoms with Crippen LogP contribution in [0.3, 0.4) is 0 Å². The standard InChI is InChI=1S/C25H30F2N6O4.ClH/c1-15(17-9-18(25(26,27)14-36-3)11-19(10-17)33(34)35)29-24-20-12-22(32-7-5-28-6-8-32)23(37-4)13-21(20)30-16(2)31-24;/h9-13,15,28H,5-8,14H2,1-4H3,(H,29,30,31);1H/t15-;/m1./s1. The maximum atomic E-state index is 14.6. The number of nitrogens with one attached hydrogen (secondary N) is 2. The molecule has 4 rings (SSSR count). The molecule has 1 atom stereocenters. The second-order valence-electron chi connectivity index (χ2n) is 8.97. The predicted molar refractivity (Wildman–Crippen MR) is 144 cm³/mol. The minimum Gasteiger partial charge on any atom is -0.495 e. The molecule has 1 aliphatic rings. The van der Waals surface area contributed by atoms with Crippen LogP contribution in [0.4, 0.5) is 26.0 Å². The van der Waals surface area contributed by atoms with Crippen molar-refractivity contribution in [3.8, 4) is 5.75 Å². The van der Waals surface area contributed by atoms with Crippen LogP contribution >= 0.6 is 12.4 Å². The van der Waals surface area contributed by atoms with Gasteiger partial charge in [-0.3, -0.25) is 10.1 Å². The predicted octanol–water partition coefficient (Wildman–Crippen LogP) is 4.60. The number of nitrogens with zero attached hydrogens (tertiary/aromatic N) is 4. The first-order valence-corrected chi connectivity index (χ1v) is 11.9. The van der Waals surface area contributed by atoms with Crippen LogP contribution in [0.15, 0.2) is 30.3 Å². The van der Waals surface area contributed by atoms with Gasteiger partial charge in [-0.1, -0.05) is 0 Å². The molecular weight excluding hydrogens is 522 g/mol. The summed E-state index contributed by atoms with van der Waals surface area (Å²) in [4.78, 5) is 22.2. The summed E-state index contributed by atoms with van der Waals surface area (Å²) < 4.78 is 39.5. The number of piperazine rings is 1. The van der Waals surface area contributed by atoms with E-state index >= 15 is 0 Å². The zero-order chi connectivity index (χ0) is 26.7. The number of aryl methyl sites for hydroxylation is 1. The van der Waals surface area contributed by atoms with Crippen molar-refractivity contribution < 1.29 is 23.2 Å². The highest BCUT2D eigenvalue weighted by molar-refractivity contribution is 5.94. The molecule has 10 nitrogen and oxygen atoms in total. The summed E-state index contributed by atoms with van der Waals surface area (Å²) in [5.74, 6) is -1.70. The van der Waals surface area contributed by atoms with Gasteiger partial charge >= 0.3 is 0 Å². The summed E-state index contributed by atoms with van der Waals surface area (Å²) in [6.45, 7) is 5.90. The largest absolute Gasteiger partial charge is 0.495 e. The molecule has 3 aromatic rings. The molecule has 0 bridgehead atoms. The summed E-state index contributed by atoms with van der Waals surface area (Å²) >= 11 is 0. The number of aromatic nitrogens is 2. The van der Waals surface area contributed by atoms with Crippen molar-refractivity contribution in [2.75, 3.05) is 57.2 Å². The number of hydrogen-bond donors (Lipinski definition) is 2. The highest BCUT2D eigenvalue weighted by Gasteiger charge is 2.34. The maximum absolute atomic E-state index is 14.6. The second kappa shape index (κ2) is 12.0. The Hall–Kier alpha value is -3.35. The van der Waals surface area contributed by atoms with E-state index < -0.39 is 34.7 Å². The number of anilines is 2. The Bertz CT molecular complexity index is 1310. The van der Waals surface area contributed by atoms with Crippen molar-refractivity contribution in [2.45, 2.75) is 25.8 Å². The van der Waals surface area contributed by atoms with Crippen molar-refractivity contribution >= 4 is 40.5 Å². The van der Waals surface area contributed by atoms with Gasteiger partial charge in [0, 0.05) is 62.4 Å². The van der Waals surface area contributed by atoms with Crippen molar-refractivity contribution in [1.82, 2.24) is 15.3 Å². The number of fused-ring (bicyclic) bond motifs is 1. The molecular formula is C25H31ClF2N6O4. The van der Waals surface area contributed by atoms with E-state index in [1.165, 1.54) is 12.1 Å². The quantitative estimate of drug-likeness (QED) is 0.290. The van der Waals surface area contributed by atoms with E-state index in [-0.39, 0.29) is 12.4 Å². The summed E-state index contributed by atoms with van der Waals surface area (Å²) in [6.07, 6.45) is 0. The summed E-state index contributed by atoms with van der Waals surface area (Å²) in [5, 5.41) is 18.8. The Morgan fingerprint density at radius 2 is 1.89 bits per heavy atom. The number of ether oxygens (including phenoxy) is 2. The number of alkyl halides is 2. The molecule has 38 heavy (non-hydrogen) atoms.